The van der Waals surface area contributed by atoms with Crippen LogP contribution in [0.2, 0.25) is 5.15 Å². The van der Waals surface area contributed by atoms with Crippen molar-refractivity contribution in [2.24, 2.45) is 5.28 Å². The summed E-state index contributed by atoms with van der Waals surface area (Å²) in [7, 11) is 0. The van der Waals surface area contributed by atoms with Gasteiger partial charge in [0.1, 0.15) is 12.4 Å². The van der Waals surface area contributed by atoms with Gasteiger partial charge in [0.25, 0.3) is 0 Å². The average Bonchev–Trinajstić information content (AvgIpc) is 3.73. The fourth-order valence-electron chi connectivity index (χ4n) is 5.21. The zero-order chi connectivity index (χ0) is 37.0. The molecule has 2 heterocycles. The molecule has 0 saturated carbocycles. The SMILES string of the molecule is CCCCc1nc(Cl)c(C(=O)OC(C)OC(=O)OCCCO/N=[N+](\[O-])N(CC)C(C)(C)C)n1Cc1ccc(-c2ccccc2-c2nnn[nH]2)cc1. The van der Waals surface area contributed by atoms with Gasteiger partial charge in [-0.05, 0) is 61.2 Å². The van der Waals surface area contributed by atoms with Crippen LogP contribution in [-0.4, -0.2) is 83.9 Å². The molecule has 2 aromatic heterocycles. The first kappa shape index (κ1) is 38.6. The lowest BCUT2D eigenvalue weighted by Gasteiger charge is -2.29. The van der Waals surface area contributed by atoms with Crippen LogP contribution in [0.4, 0.5) is 4.79 Å². The number of halogens is 1. The molecule has 2 aromatic carbocycles. The van der Waals surface area contributed by atoms with Crippen LogP contribution in [0.5, 0.6) is 0 Å². The number of nitrogens with zero attached hydrogens (tertiary/aromatic N) is 8. The Balaban J connectivity index is 1.36. The van der Waals surface area contributed by atoms with Gasteiger partial charge in [-0.25, -0.2) is 19.7 Å². The van der Waals surface area contributed by atoms with Gasteiger partial charge in [0.15, 0.2) is 16.7 Å². The Bertz CT molecular complexity index is 1760. The number of carbonyl (C=O) groups excluding carboxylic acids is 2. The van der Waals surface area contributed by atoms with E-state index in [2.05, 4.69) is 37.8 Å². The molecule has 0 aliphatic heterocycles. The average molecular weight is 726 g/mol. The Kier molecular flexibility index (Phi) is 13.7. The number of hydrogen-bond acceptors (Lipinski definition) is 12. The summed E-state index contributed by atoms with van der Waals surface area (Å²) in [5.41, 5.74) is 3.26. The standard InChI is InChI=1S/C34H44ClN9O7/c1-7-9-15-28-36-30(35)29(32(45)50-23(3)51-33(46)48-20-12-21-49-41-44(47)43(8-2)34(4,5)6)42(28)22-24-16-18-25(19-17-24)26-13-10-11-14-27(26)31-37-39-40-38-31/h10-11,13-14,16-19,23H,7-9,12,15,20-22H2,1-6H3,(H,37,38,39,40)/b44-41-. The van der Waals surface area contributed by atoms with E-state index in [-0.39, 0.29) is 30.5 Å². The van der Waals surface area contributed by atoms with E-state index in [0.29, 0.717) is 36.1 Å². The minimum absolute atomic E-state index is 0.0151. The van der Waals surface area contributed by atoms with Crippen molar-refractivity contribution in [1.82, 2.24) is 35.2 Å². The van der Waals surface area contributed by atoms with Crippen LogP contribution >= 0.6 is 11.6 Å². The number of imidazole rings is 1. The molecule has 1 unspecified atom stereocenters. The summed E-state index contributed by atoms with van der Waals surface area (Å²) < 4.78 is 17.3. The molecule has 0 aliphatic carbocycles. The molecular weight excluding hydrogens is 682 g/mol. The largest absolute Gasteiger partial charge is 0.569 e. The highest BCUT2D eigenvalue weighted by atomic mass is 35.5. The number of tetrazole rings is 1. The molecule has 17 heteroatoms. The summed E-state index contributed by atoms with van der Waals surface area (Å²) >= 11 is 6.50. The van der Waals surface area contributed by atoms with E-state index in [1.54, 1.807) is 4.57 Å². The zero-order valence-corrected chi connectivity index (χ0v) is 30.4. The Labute approximate surface area is 301 Å². The van der Waals surface area contributed by atoms with Gasteiger partial charge in [-0.1, -0.05) is 73.5 Å². The summed E-state index contributed by atoms with van der Waals surface area (Å²) in [6, 6.07) is 15.7. The Morgan fingerprint density at radius 2 is 1.78 bits per heavy atom. The molecule has 0 aliphatic rings. The summed E-state index contributed by atoms with van der Waals surface area (Å²) in [6.45, 7) is 11.6. The van der Waals surface area contributed by atoms with E-state index < -0.39 is 24.0 Å². The Morgan fingerprint density at radius 1 is 1.06 bits per heavy atom. The van der Waals surface area contributed by atoms with Crippen molar-refractivity contribution in [3.05, 3.63) is 76.0 Å². The lowest BCUT2D eigenvalue weighted by Crippen LogP contribution is -2.45. The third-order valence-electron chi connectivity index (χ3n) is 7.63. The number of H-pyrrole nitrogens is 1. The number of rotatable bonds is 17. The monoisotopic (exact) mass is 725 g/mol. The van der Waals surface area contributed by atoms with Gasteiger partial charge in [0, 0.05) is 31.9 Å². The highest BCUT2D eigenvalue weighted by Crippen LogP contribution is 2.30. The van der Waals surface area contributed by atoms with Crippen molar-refractivity contribution in [1.29, 1.82) is 0 Å². The second kappa shape index (κ2) is 18.1. The van der Waals surface area contributed by atoms with Gasteiger partial charge in [-0.2, -0.15) is 0 Å². The van der Waals surface area contributed by atoms with Crippen molar-refractivity contribution in [3.8, 4) is 22.5 Å². The van der Waals surface area contributed by atoms with E-state index in [1.807, 2.05) is 76.2 Å². The number of hydrogen-bond donors (Lipinski definition) is 1. The molecule has 0 amide bonds. The number of unbranched alkanes of at least 4 members (excludes halogenated alkanes) is 1. The minimum Gasteiger partial charge on any atom is -0.569 e. The lowest BCUT2D eigenvalue weighted by molar-refractivity contribution is -0.724. The molecule has 0 saturated heterocycles. The number of ether oxygens (including phenoxy) is 3. The van der Waals surface area contributed by atoms with Gasteiger partial charge in [-0.3, -0.25) is 0 Å². The molecule has 1 atom stereocenters. The first-order chi connectivity index (χ1) is 24.4. The summed E-state index contributed by atoms with van der Waals surface area (Å²) in [5, 5.41) is 31.4. The van der Waals surface area contributed by atoms with Crippen LogP contribution < -0.4 is 0 Å². The van der Waals surface area contributed by atoms with Gasteiger partial charge in [-0.15, -0.1) is 10.1 Å². The molecule has 274 valence electrons. The highest BCUT2D eigenvalue weighted by Gasteiger charge is 2.28. The number of esters is 1. The van der Waals surface area contributed by atoms with Crippen LogP contribution in [0.3, 0.4) is 0 Å². The predicted octanol–water partition coefficient (Wildman–Crippen LogP) is 6.75. The molecule has 0 fully saturated rings. The predicted molar refractivity (Wildman–Crippen MR) is 186 cm³/mol. The quantitative estimate of drug-likeness (QED) is 0.0302. The molecule has 1 N–H and O–H groups in total. The van der Waals surface area contributed by atoms with Crippen LogP contribution in [0.1, 0.15) is 82.7 Å². The van der Waals surface area contributed by atoms with Crippen molar-refractivity contribution in [2.75, 3.05) is 19.8 Å². The molecule has 51 heavy (non-hydrogen) atoms. The van der Waals surface area contributed by atoms with Crippen LogP contribution in [0, 0.1) is 5.21 Å². The van der Waals surface area contributed by atoms with Crippen molar-refractivity contribution in [2.45, 2.75) is 85.6 Å². The second-order valence-corrected chi connectivity index (χ2v) is 12.8. The van der Waals surface area contributed by atoms with Crippen molar-refractivity contribution < 1.29 is 33.6 Å². The van der Waals surface area contributed by atoms with E-state index in [0.717, 1.165) is 35.1 Å². The fourth-order valence-corrected chi connectivity index (χ4v) is 5.49. The van der Waals surface area contributed by atoms with Crippen LogP contribution in [0.25, 0.3) is 22.5 Å². The third kappa shape index (κ3) is 10.6. The van der Waals surface area contributed by atoms with Gasteiger partial charge < -0.3 is 28.8 Å². The highest BCUT2D eigenvalue weighted by molar-refractivity contribution is 6.32. The minimum atomic E-state index is -1.29. The number of carbonyl (C=O) groups is 2. The van der Waals surface area contributed by atoms with Crippen LogP contribution in [0.15, 0.2) is 53.8 Å². The fraction of sp³-hybridized carbons (Fsp3) is 0.471. The number of aryl methyl sites for hydroxylation is 1. The molecule has 0 spiro atoms. The first-order valence-corrected chi connectivity index (χ1v) is 17.1. The van der Waals surface area contributed by atoms with Crippen LogP contribution in [-0.2, 0) is 32.0 Å². The topological polar surface area (TPSA) is 185 Å². The molecule has 4 rings (SSSR count). The van der Waals surface area contributed by atoms with E-state index in [4.69, 9.17) is 30.6 Å². The summed E-state index contributed by atoms with van der Waals surface area (Å²) in [5.74, 6) is 0.377. The number of hydrazine groups is 1. The van der Waals surface area contributed by atoms with Gasteiger partial charge in [0.2, 0.25) is 11.6 Å². The number of aromatic amines is 1. The first-order valence-electron chi connectivity index (χ1n) is 16.7. The Morgan fingerprint density at radius 3 is 2.43 bits per heavy atom. The van der Waals surface area contributed by atoms with Crippen molar-refractivity contribution in [3.63, 3.8) is 0 Å². The van der Waals surface area contributed by atoms with Crippen molar-refractivity contribution >= 4 is 23.7 Å². The third-order valence-corrected chi connectivity index (χ3v) is 7.89. The number of benzene rings is 2. The van der Waals surface area contributed by atoms with Gasteiger partial charge >= 0.3 is 12.1 Å². The molecular formula is C34H44ClN9O7. The Hall–Kier alpha value is -5.25. The van der Waals surface area contributed by atoms with E-state index >= 15 is 0 Å². The maximum Gasteiger partial charge on any atom is 0.511 e. The van der Waals surface area contributed by atoms with E-state index in [9.17, 15) is 14.8 Å². The second-order valence-electron chi connectivity index (χ2n) is 12.4. The number of nitrogens with one attached hydrogen (secondary N) is 1. The molecule has 4 aromatic rings. The normalized spacial score (nSPS) is 12.3. The zero-order valence-electron chi connectivity index (χ0n) is 29.7. The maximum atomic E-state index is 13.4. The lowest BCUT2D eigenvalue weighted by atomic mass is 9.98. The molecule has 0 radical (unpaired) electrons. The smallest absolute Gasteiger partial charge is 0.511 e. The summed E-state index contributed by atoms with van der Waals surface area (Å²) in [4.78, 5) is 35.5. The summed E-state index contributed by atoms with van der Waals surface area (Å²) in [6.07, 6.45) is 0.243. The van der Waals surface area contributed by atoms with E-state index in [1.165, 1.54) is 11.9 Å². The number of aromatic nitrogens is 6. The molecule has 16 nitrogen and oxygen atoms in total. The van der Waals surface area contributed by atoms with Gasteiger partial charge in [0.05, 0.1) is 23.7 Å². The molecule has 0 bridgehead atoms. The maximum absolute atomic E-state index is 13.4.